The highest BCUT2D eigenvalue weighted by atomic mass is 16.5. The number of hydrogen-bond acceptors (Lipinski definition) is 5. The number of carbonyl (C=O) groups is 2. The largest absolute Gasteiger partial charge is 0.466 e. The molecule has 0 saturated carbocycles. The molecule has 0 aliphatic carbocycles. The molecule has 0 aromatic heterocycles. The average Bonchev–Trinajstić information content (AvgIpc) is 3.27. The summed E-state index contributed by atoms with van der Waals surface area (Å²) < 4.78 is 5.47. The van der Waals surface area contributed by atoms with E-state index in [2.05, 4.69) is 19.2 Å². The smallest absolute Gasteiger partial charge is 0.305 e. The summed E-state index contributed by atoms with van der Waals surface area (Å²) in [5.74, 6) is -0.0212. The van der Waals surface area contributed by atoms with Gasteiger partial charge in [0, 0.05) is 12.8 Å². The Labute approximate surface area is 387 Å². The molecule has 0 aliphatic rings. The molecule has 62 heavy (non-hydrogen) atoms. The lowest BCUT2D eigenvalue weighted by molar-refractivity contribution is -0.143. The van der Waals surface area contributed by atoms with Gasteiger partial charge in [0.25, 0.3) is 0 Å². The monoisotopic (exact) mass is 878 g/mol. The summed E-state index contributed by atoms with van der Waals surface area (Å²) in [6.07, 6.45) is 59.5. The fourth-order valence-corrected chi connectivity index (χ4v) is 9.05. The van der Waals surface area contributed by atoms with Crippen LogP contribution >= 0.6 is 0 Å². The first-order valence-electron chi connectivity index (χ1n) is 28.3. The quantitative estimate of drug-likeness (QED) is 0.0418. The molecule has 2 atom stereocenters. The van der Waals surface area contributed by atoms with E-state index in [9.17, 15) is 19.8 Å². The molecular weight excluding hydrogens is 767 g/mol. The second-order valence-electron chi connectivity index (χ2n) is 19.6. The number of rotatable bonds is 53. The molecule has 0 bridgehead atoms. The van der Waals surface area contributed by atoms with Crippen LogP contribution in [0.25, 0.3) is 0 Å². The molecule has 1 amide bonds. The average molecular weight is 879 g/mol. The lowest BCUT2D eigenvalue weighted by atomic mass is 10.0. The predicted octanol–water partition coefficient (Wildman–Crippen LogP) is 17.1. The van der Waals surface area contributed by atoms with Crippen molar-refractivity contribution in [3.63, 3.8) is 0 Å². The first-order valence-corrected chi connectivity index (χ1v) is 28.3. The zero-order valence-electron chi connectivity index (χ0n) is 42.1. The van der Waals surface area contributed by atoms with Gasteiger partial charge in [-0.15, -0.1) is 0 Å². The molecule has 0 radical (unpaired) electrons. The number of ether oxygens (including phenoxy) is 1. The SMILES string of the molecule is CCCCCCCCCCCCCCCC(=O)OCCCCCCCCCCCCCCCCCCCCCCCC(=O)NC(CO)C(O)CCCCCCCCCCCCC. The molecule has 0 saturated heterocycles. The van der Waals surface area contributed by atoms with Crippen LogP contribution in [-0.4, -0.2) is 47.4 Å². The lowest BCUT2D eigenvalue weighted by Gasteiger charge is -2.22. The Morgan fingerprint density at radius 2 is 0.661 bits per heavy atom. The summed E-state index contributed by atoms with van der Waals surface area (Å²) in [6.45, 7) is 4.96. The number of esters is 1. The molecule has 6 nitrogen and oxygen atoms in total. The second kappa shape index (κ2) is 52.5. The van der Waals surface area contributed by atoms with Crippen LogP contribution in [0.1, 0.15) is 322 Å². The van der Waals surface area contributed by atoms with Crippen LogP contribution in [0, 0.1) is 0 Å². The molecule has 3 N–H and O–H groups in total. The van der Waals surface area contributed by atoms with E-state index >= 15 is 0 Å². The van der Waals surface area contributed by atoms with E-state index in [-0.39, 0.29) is 18.5 Å². The van der Waals surface area contributed by atoms with Crippen molar-refractivity contribution < 1.29 is 24.5 Å². The van der Waals surface area contributed by atoms with Gasteiger partial charge in [0.15, 0.2) is 0 Å². The van der Waals surface area contributed by atoms with Crippen molar-refractivity contribution in [2.45, 2.75) is 334 Å². The van der Waals surface area contributed by atoms with E-state index in [1.54, 1.807) is 0 Å². The summed E-state index contributed by atoms with van der Waals surface area (Å²) in [7, 11) is 0. The van der Waals surface area contributed by atoms with Gasteiger partial charge in [0.1, 0.15) is 0 Å². The molecule has 370 valence electrons. The second-order valence-corrected chi connectivity index (χ2v) is 19.6. The Bertz CT molecular complexity index is 882. The van der Waals surface area contributed by atoms with Gasteiger partial charge >= 0.3 is 5.97 Å². The minimum Gasteiger partial charge on any atom is -0.466 e. The Hall–Kier alpha value is -1.14. The first-order chi connectivity index (χ1) is 30.5. The minimum absolute atomic E-state index is 0.0141. The third-order valence-electron chi connectivity index (χ3n) is 13.4. The van der Waals surface area contributed by atoms with Crippen LogP contribution in [0.15, 0.2) is 0 Å². The van der Waals surface area contributed by atoms with Gasteiger partial charge in [0.2, 0.25) is 5.91 Å². The number of hydrogen-bond donors (Lipinski definition) is 3. The van der Waals surface area contributed by atoms with Crippen LogP contribution in [-0.2, 0) is 14.3 Å². The molecule has 0 aromatic rings. The van der Waals surface area contributed by atoms with E-state index in [1.165, 1.54) is 250 Å². The molecule has 0 heterocycles. The van der Waals surface area contributed by atoms with E-state index in [4.69, 9.17) is 4.74 Å². The summed E-state index contributed by atoms with van der Waals surface area (Å²) >= 11 is 0. The number of amides is 1. The van der Waals surface area contributed by atoms with Crippen LogP contribution in [0.2, 0.25) is 0 Å². The number of unbranched alkanes of at least 4 members (excludes halogenated alkanes) is 42. The van der Waals surface area contributed by atoms with Crippen LogP contribution in [0.3, 0.4) is 0 Å². The Balaban J connectivity index is 3.35. The molecule has 0 aromatic carbocycles. The maximum Gasteiger partial charge on any atom is 0.305 e. The highest BCUT2D eigenvalue weighted by Gasteiger charge is 2.20. The molecular formula is C56H111NO5. The molecule has 0 spiro atoms. The number of carbonyl (C=O) groups excluding carboxylic acids is 2. The van der Waals surface area contributed by atoms with Crippen molar-refractivity contribution in [3.05, 3.63) is 0 Å². The molecule has 0 rings (SSSR count). The highest BCUT2D eigenvalue weighted by Crippen LogP contribution is 2.18. The Morgan fingerprint density at radius 3 is 0.984 bits per heavy atom. The van der Waals surface area contributed by atoms with Crippen LogP contribution in [0.5, 0.6) is 0 Å². The van der Waals surface area contributed by atoms with Gasteiger partial charge < -0.3 is 20.3 Å². The summed E-state index contributed by atoms with van der Waals surface area (Å²) in [4.78, 5) is 24.4. The number of nitrogens with one attached hydrogen (secondary N) is 1. The van der Waals surface area contributed by atoms with Crippen LogP contribution in [0.4, 0.5) is 0 Å². The predicted molar refractivity (Wildman–Crippen MR) is 269 cm³/mol. The zero-order chi connectivity index (χ0) is 45.1. The van der Waals surface area contributed by atoms with Gasteiger partial charge in [-0.1, -0.05) is 284 Å². The van der Waals surface area contributed by atoms with Crippen molar-refractivity contribution >= 4 is 11.9 Å². The van der Waals surface area contributed by atoms with Crippen molar-refractivity contribution in [1.29, 1.82) is 0 Å². The van der Waals surface area contributed by atoms with E-state index in [0.717, 1.165) is 38.5 Å². The number of aliphatic hydroxyl groups is 2. The van der Waals surface area contributed by atoms with E-state index < -0.39 is 12.1 Å². The lowest BCUT2D eigenvalue weighted by Crippen LogP contribution is -2.45. The van der Waals surface area contributed by atoms with Gasteiger partial charge in [-0.05, 0) is 25.7 Å². The molecule has 0 fully saturated rings. The highest BCUT2D eigenvalue weighted by molar-refractivity contribution is 5.76. The molecule has 6 heteroatoms. The molecule has 0 aliphatic heterocycles. The fourth-order valence-electron chi connectivity index (χ4n) is 9.05. The topological polar surface area (TPSA) is 95.9 Å². The minimum atomic E-state index is -0.662. The van der Waals surface area contributed by atoms with Gasteiger partial charge in [-0.2, -0.15) is 0 Å². The summed E-state index contributed by atoms with van der Waals surface area (Å²) in [5.41, 5.74) is 0. The van der Waals surface area contributed by atoms with Gasteiger partial charge in [0.05, 0.1) is 25.4 Å². The third-order valence-corrected chi connectivity index (χ3v) is 13.4. The van der Waals surface area contributed by atoms with Crippen molar-refractivity contribution in [2.24, 2.45) is 0 Å². The van der Waals surface area contributed by atoms with Crippen LogP contribution < -0.4 is 5.32 Å². The van der Waals surface area contributed by atoms with Crippen molar-refractivity contribution in [3.8, 4) is 0 Å². The maximum atomic E-state index is 12.4. The third kappa shape index (κ3) is 48.3. The van der Waals surface area contributed by atoms with Crippen molar-refractivity contribution in [2.75, 3.05) is 13.2 Å². The summed E-state index contributed by atoms with van der Waals surface area (Å²) in [6, 6.07) is -0.539. The van der Waals surface area contributed by atoms with E-state index in [0.29, 0.717) is 25.9 Å². The van der Waals surface area contributed by atoms with Crippen molar-refractivity contribution in [1.82, 2.24) is 5.32 Å². The Kier molecular flexibility index (Phi) is 51.5. The standard InChI is InChI=1S/C56H111NO5/c1-3-5-7-9-11-13-15-25-30-34-38-42-46-50-56(61)62-51-47-43-39-35-31-27-24-22-20-18-16-17-19-21-23-26-29-33-37-41-45-49-55(60)57-53(52-58)54(59)48-44-40-36-32-28-14-12-10-8-6-4-2/h53-54,58-59H,3-52H2,1-2H3,(H,57,60). The van der Waals surface area contributed by atoms with Gasteiger partial charge in [-0.3, -0.25) is 9.59 Å². The maximum absolute atomic E-state index is 12.4. The van der Waals surface area contributed by atoms with E-state index in [1.807, 2.05) is 0 Å². The molecule has 2 unspecified atom stereocenters. The normalized spacial score (nSPS) is 12.5. The zero-order valence-corrected chi connectivity index (χ0v) is 42.1. The Morgan fingerprint density at radius 1 is 0.387 bits per heavy atom. The number of aliphatic hydroxyl groups excluding tert-OH is 2. The summed E-state index contributed by atoms with van der Waals surface area (Å²) in [5, 5.41) is 23.2. The van der Waals surface area contributed by atoms with Gasteiger partial charge in [-0.25, -0.2) is 0 Å². The first kappa shape index (κ1) is 60.9. The fraction of sp³-hybridized carbons (Fsp3) is 0.964.